The third-order valence-electron chi connectivity index (χ3n) is 13.3. The van der Waals surface area contributed by atoms with Crippen LogP contribution in [0.2, 0.25) is 18.5 Å². The molecular formula is C64H75ClN8O6Sn. The molecule has 4 aromatic heterocycles. The van der Waals surface area contributed by atoms with E-state index in [9.17, 15) is 9.59 Å². The monoisotopic (exact) mass is 1210 g/mol. The van der Waals surface area contributed by atoms with Crippen molar-refractivity contribution in [1.29, 1.82) is 0 Å². The van der Waals surface area contributed by atoms with Crippen molar-refractivity contribution in [3.63, 3.8) is 0 Å². The van der Waals surface area contributed by atoms with Crippen molar-refractivity contribution in [2.24, 2.45) is 0 Å². The van der Waals surface area contributed by atoms with E-state index in [1.165, 1.54) is 84.3 Å². The van der Waals surface area contributed by atoms with Crippen LogP contribution < -0.4 is 23.7 Å². The van der Waals surface area contributed by atoms with Gasteiger partial charge < -0.3 is 24.8 Å². The maximum atomic E-state index is 12.3. The van der Waals surface area contributed by atoms with E-state index < -0.39 is 30.5 Å². The third-order valence-corrected chi connectivity index (χ3v) is 29.1. The first-order valence-electron chi connectivity index (χ1n) is 27.5. The number of methoxy groups -OCH3 is 2. The maximum Gasteiger partial charge on any atom is 0.328 e. The molecule has 80 heavy (non-hydrogen) atoms. The van der Waals surface area contributed by atoms with Crippen molar-refractivity contribution in [3.8, 4) is 23.0 Å². The Hall–Kier alpha value is -7.43. The Morgan fingerprint density at radius 3 is 1.32 bits per heavy atom. The van der Waals surface area contributed by atoms with Crippen LogP contribution in [-0.2, 0) is 45.1 Å². The van der Waals surface area contributed by atoms with Gasteiger partial charge in [-0.05, 0) is 22.8 Å². The Morgan fingerprint density at radius 2 is 0.925 bits per heavy atom. The summed E-state index contributed by atoms with van der Waals surface area (Å²) in [6, 6.07) is 50.1. The number of hydrogen-bond donors (Lipinski definition) is 2. The molecule has 4 aromatic carbocycles. The zero-order chi connectivity index (χ0) is 56.6. The zero-order valence-electron chi connectivity index (χ0n) is 46.7. The van der Waals surface area contributed by atoms with Crippen molar-refractivity contribution in [1.82, 2.24) is 29.9 Å². The van der Waals surface area contributed by atoms with Gasteiger partial charge in [-0.15, -0.1) is 0 Å². The molecule has 0 aliphatic carbocycles. The summed E-state index contributed by atoms with van der Waals surface area (Å²) in [5.41, 5.74) is 5.79. The SMILES string of the molecule is CCC[CH2][Sn]([CH2]CCC)([CH2]CCC)[c]1ccc(OCc2ccccc2)nc1.COC(=O)C(Cc1ccccc1)Nc1cc(-c2ccc(OCc3ccccc3)nc2)ncn1.COC(=O)C(Cc1ccccc1)Nc1cc(Cl)ncn1. The number of unbranched alkanes of at least 4 members (excludes halogenated alkanes) is 3. The average molecular weight is 1210 g/mol. The normalized spacial score (nSPS) is 11.5. The van der Waals surface area contributed by atoms with Crippen molar-refractivity contribution >= 4 is 57.1 Å². The van der Waals surface area contributed by atoms with Crippen LogP contribution in [0, 0.1) is 0 Å². The number of hydrogen-bond acceptors (Lipinski definition) is 14. The minimum absolute atomic E-state index is 0.311. The molecular weight excluding hydrogens is 1130 g/mol. The van der Waals surface area contributed by atoms with Crippen molar-refractivity contribution in [3.05, 3.63) is 210 Å². The number of carbonyl (C=O) groups is 2. The summed E-state index contributed by atoms with van der Waals surface area (Å²) in [5.74, 6) is 1.57. The molecule has 2 unspecified atom stereocenters. The molecule has 2 atom stereocenters. The second-order valence-corrected chi connectivity index (χ2v) is 32.9. The molecule has 8 aromatic rings. The Labute approximate surface area is 481 Å². The minimum atomic E-state index is -2.36. The zero-order valence-corrected chi connectivity index (χ0v) is 50.3. The standard InChI is InChI=1S/C26H24N4O3.C14H14ClN3O2.C12H10NO.3C4H9.Sn/c1-32-26(31)23(14-19-8-4-2-5-9-19)30-24-15-22(28-18-29-24)21-12-13-25(27-16-21)33-17-20-10-6-3-7-11-20;1-20-14(19)11(7-10-5-3-2-4-6-10)18-13-8-12(15)16-9-17-13;1-2-6-11(7-3-1)10-14-12-8-4-5-9-13-12;3*1-3-4-2;/h2-13,15-16,18,23H,14,17H2,1H3,(H,28,29,30);2-6,8-9,11H,7H2,1H3,(H,16,17,18);1-4,6-9H,10H2;3*1,3-4H2,2H3;. The van der Waals surface area contributed by atoms with Crippen molar-refractivity contribution in [2.45, 2.75) is 111 Å². The fraction of sp³-hybridized carbons (Fsp3) is 0.312. The Balaban J connectivity index is 0.000000200. The van der Waals surface area contributed by atoms with Gasteiger partial charge >= 0.3 is 183 Å². The molecule has 0 bridgehead atoms. The number of carbonyl (C=O) groups excluding carboxylic acids is 2. The molecule has 16 heteroatoms. The van der Waals surface area contributed by atoms with Crippen LogP contribution in [0.1, 0.15) is 81.5 Å². The molecule has 0 fully saturated rings. The number of esters is 2. The predicted molar refractivity (Wildman–Crippen MR) is 322 cm³/mol. The van der Waals surface area contributed by atoms with Gasteiger partial charge in [0.1, 0.15) is 48.1 Å². The minimum Gasteiger partial charge on any atom is -0.473 e. The topological polar surface area (TPSA) is 172 Å². The Bertz CT molecular complexity index is 2990. The fourth-order valence-corrected chi connectivity index (χ4v) is 24.7. The van der Waals surface area contributed by atoms with E-state index in [-0.39, 0.29) is 11.9 Å². The third kappa shape index (κ3) is 21.0. The Morgan fingerprint density at radius 1 is 0.500 bits per heavy atom. The van der Waals surface area contributed by atoms with E-state index in [1.54, 1.807) is 28.0 Å². The van der Waals surface area contributed by atoms with Gasteiger partial charge in [0.2, 0.25) is 5.88 Å². The number of nitrogens with zero attached hydrogens (tertiary/aromatic N) is 6. The number of pyridine rings is 2. The molecule has 14 nitrogen and oxygen atoms in total. The van der Waals surface area contributed by atoms with E-state index in [2.05, 4.69) is 86.8 Å². The molecule has 0 saturated carbocycles. The largest absolute Gasteiger partial charge is 0.473 e. The number of ether oxygens (including phenoxy) is 4. The predicted octanol–water partition coefficient (Wildman–Crippen LogP) is 13.4. The molecule has 418 valence electrons. The molecule has 0 amide bonds. The maximum absolute atomic E-state index is 12.3. The Kier molecular flexibility index (Phi) is 26.7. The summed E-state index contributed by atoms with van der Waals surface area (Å²) >= 11 is 3.44. The average Bonchev–Trinajstić information content (AvgIpc) is 3.51. The summed E-state index contributed by atoms with van der Waals surface area (Å²) in [7, 11) is 2.73. The van der Waals surface area contributed by atoms with Gasteiger partial charge in [0, 0.05) is 42.8 Å². The van der Waals surface area contributed by atoms with Gasteiger partial charge in [-0.3, -0.25) is 0 Å². The van der Waals surface area contributed by atoms with Crippen LogP contribution >= 0.6 is 11.6 Å². The van der Waals surface area contributed by atoms with E-state index in [0.717, 1.165) is 28.1 Å². The summed E-state index contributed by atoms with van der Waals surface area (Å²) < 4.78 is 27.5. The van der Waals surface area contributed by atoms with Gasteiger partial charge in [0.25, 0.3) is 0 Å². The van der Waals surface area contributed by atoms with E-state index >= 15 is 0 Å². The van der Waals surface area contributed by atoms with Crippen molar-refractivity contribution in [2.75, 3.05) is 24.9 Å². The molecule has 0 aliphatic rings. The first-order valence-corrected chi connectivity index (χ1v) is 35.3. The molecule has 0 spiro atoms. The van der Waals surface area contributed by atoms with Gasteiger partial charge in [0.05, 0.1) is 19.9 Å². The van der Waals surface area contributed by atoms with E-state index in [0.29, 0.717) is 54.4 Å². The summed E-state index contributed by atoms with van der Waals surface area (Å²) in [4.78, 5) is 49.7. The fourth-order valence-electron chi connectivity index (χ4n) is 8.95. The first-order chi connectivity index (χ1) is 39.1. The smallest absolute Gasteiger partial charge is 0.328 e. The van der Waals surface area contributed by atoms with Gasteiger partial charge in [-0.1, -0.05) is 103 Å². The summed E-state index contributed by atoms with van der Waals surface area (Å²) in [6.45, 7) is 8.02. The number of halogens is 1. The number of benzene rings is 4. The van der Waals surface area contributed by atoms with Crippen LogP contribution in [0.4, 0.5) is 11.6 Å². The number of anilines is 2. The van der Waals surface area contributed by atoms with Gasteiger partial charge in [-0.2, -0.15) is 0 Å². The number of aromatic nitrogens is 6. The first kappa shape index (κ1) is 61.8. The van der Waals surface area contributed by atoms with Crippen LogP contribution in [0.5, 0.6) is 11.8 Å². The molecule has 0 aliphatic heterocycles. The van der Waals surface area contributed by atoms with Crippen LogP contribution in [0.25, 0.3) is 11.3 Å². The van der Waals surface area contributed by atoms with Crippen LogP contribution in [-0.4, -0.2) is 86.5 Å². The molecule has 8 rings (SSSR count). The number of nitrogens with one attached hydrogen (secondary N) is 2. The van der Waals surface area contributed by atoms with Crippen LogP contribution in [0.3, 0.4) is 0 Å². The summed E-state index contributed by atoms with van der Waals surface area (Å²) in [5, 5.41) is 6.49. The van der Waals surface area contributed by atoms with Gasteiger partial charge in [0.15, 0.2) is 0 Å². The molecule has 0 saturated heterocycles. The number of rotatable bonds is 27. The second-order valence-electron chi connectivity index (χ2n) is 19.2. The van der Waals surface area contributed by atoms with Crippen LogP contribution in [0.15, 0.2) is 183 Å². The van der Waals surface area contributed by atoms with Gasteiger partial charge in [-0.25, -0.2) is 34.5 Å². The van der Waals surface area contributed by atoms with E-state index in [4.69, 9.17) is 35.5 Å². The molecule has 4 heterocycles. The summed E-state index contributed by atoms with van der Waals surface area (Å²) in [6.07, 6.45) is 15.7. The molecule has 0 radical (unpaired) electrons. The van der Waals surface area contributed by atoms with Crippen molar-refractivity contribution < 1.29 is 28.5 Å². The quantitative estimate of drug-likeness (QED) is 0.0283. The van der Waals surface area contributed by atoms with E-state index in [1.807, 2.05) is 115 Å². The second kappa shape index (κ2) is 34.5. The molecule has 2 N–H and O–H groups in total.